The average Bonchev–Trinajstić information content (AvgIpc) is 2.72. The van der Waals surface area contributed by atoms with E-state index in [1.807, 2.05) is 24.3 Å². The molecule has 0 saturated carbocycles. The normalized spacial score (nSPS) is 21.6. The lowest BCUT2D eigenvalue weighted by atomic mass is 10.1. The minimum atomic E-state index is 0.128. The lowest BCUT2D eigenvalue weighted by molar-refractivity contribution is 0.123. The number of piperazine rings is 1. The molecule has 5 heteroatoms. The highest BCUT2D eigenvalue weighted by molar-refractivity contribution is 6.31. The molecular weight excluding hydrogens is 308 g/mol. The second kappa shape index (κ2) is 6.04. The van der Waals surface area contributed by atoms with Gasteiger partial charge in [-0.15, -0.1) is 0 Å². The highest BCUT2D eigenvalue weighted by atomic mass is 35.5. The first-order valence-corrected chi connectivity index (χ1v) is 8.38. The molecule has 4 rings (SSSR count). The van der Waals surface area contributed by atoms with Crippen LogP contribution in [-0.2, 0) is 0 Å². The summed E-state index contributed by atoms with van der Waals surface area (Å²) in [4.78, 5) is 4.86. The Bertz CT molecular complexity index is 710. The highest BCUT2D eigenvalue weighted by Crippen LogP contribution is 2.39. The number of benzene rings is 2. The van der Waals surface area contributed by atoms with Gasteiger partial charge in [-0.2, -0.15) is 0 Å². The van der Waals surface area contributed by atoms with E-state index in [2.05, 4.69) is 40.4 Å². The number of rotatable bonds is 1. The predicted molar refractivity (Wildman–Crippen MR) is 94.8 cm³/mol. The maximum absolute atomic E-state index is 6.19. The van der Waals surface area contributed by atoms with Crippen molar-refractivity contribution in [3.05, 3.63) is 53.1 Å². The van der Waals surface area contributed by atoms with Crippen LogP contribution in [0.2, 0.25) is 5.02 Å². The third-order valence-electron chi connectivity index (χ3n) is 4.63. The van der Waals surface area contributed by atoms with Crippen LogP contribution in [0.1, 0.15) is 11.7 Å². The lowest BCUT2D eigenvalue weighted by Crippen LogP contribution is -2.47. The summed E-state index contributed by atoms with van der Waals surface area (Å²) in [6.07, 6.45) is 0.128. The van der Waals surface area contributed by atoms with Gasteiger partial charge in [-0.05, 0) is 31.3 Å². The van der Waals surface area contributed by atoms with Gasteiger partial charge in [0.15, 0.2) is 0 Å². The molecule has 0 aromatic heterocycles. The Hall–Kier alpha value is -1.75. The molecule has 119 valence electrons. The van der Waals surface area contributed by atoms with E-state index in [0.29, 0.717) is 0 Å². The maximum Gasteiger partial charge on any atom is 0.108 e. The van der Waals surface area contributed by atoms with Crippen LogP contribution in [0.15, 0.2) is 42.5 Å². The van der Waals surface area contributed by atoms with E-state index in [1.165, 1.54) is 5.56 Å². The molecule has 1 fully saturated rings. The van der Waals surface area contributed by atoms with Crippen LogP contribution in [0.4, 0.5) is 17.1 Å². The van der Waals surface area contributed by atoms with E-state index >= 15 is 0 Å². The lowest BCUT2D eigenvalue weighted by Gasteiger charge is -2.38. The largest absolute Gasteiger partial charge is 0.364 e. The number of halogens is 1. The van der Waals surface area contributed by atoms with Gasteiger partial charge in [-0.3, -0.25) is 4.90 Å². The Kier molecular flexibility index (Phi) is 3.89. The second-order valence-corrected chi connectivity index (χ2v) is 6.65. The quantitative estimate of drug-likeness (QED) is 0.869. The summed E-state index contributed by atoms with van der Waals surface area (Å²) < 4.78 is 0. The average molecular weight is 328 g/mol. The van der Waals surface area contributed by atoms with E-state index in [1.54, 1.807) is 0 Å². The Morgan fingerprint density at radius 3 is 2.65 bits per heavy atom. The van der Waals surface area contributed by atoms with Crippen molar-refractivity contribution in [2.24, 2.45) is 0 Å². The van der Waals surface area contributed by atoms with Crippen molar-refractivity contribution >= 4 is 28.7 Å². The predicted octanol–water partition coefficient (Wildman–Crippen LogP) is 3.58. The zero-order valence-corrected chi connectivity index (χ0v) is 13.9. The molecule has 1 N–H and O–H groups in total. The fraction of sp³-hybridized carbons (Fsp3) is 0.333. The number of nitrogens with one attached hydrogen (secondary N) is 1. The molecule has 0 spiro atoms. The molecular formula is C18H20ClN4. The number of hydrogen-bond donors (Lipinski definition) is 1. The van der Waals surface area contributed by atoms with Crippen LogP contribution < -0.4 is 10.6 Å². The van der Waals surface area contributed by atoms with Crippen molar-refractivity contribution in [1.82, 2.24) is 15.1 Å². The van der Waals surface area contributed by atoms with Crippen molar-refractivity contribution in [2.75, 3.05) is 38.5 Å². The van der Waals surface area contributed by atoms with Crippen molar-refractivity contribution in [1.29, 1.82) is 0 Å². The summed E-state index contributed by atoms with van der Waals surface area (Å²) in [5, 5.41) is 9.25. The van der Waals surface area contributed by atoms with Gasteiger partial charge in [0.05, 0.1) is 17.1 Å². The number of para-hydroxylation sites is 1. The molecule has 2 aromatic carbocycles. The monoisotopic (exact) mass is 327 g/mol. The van der Waals surface area contributed by atoms with Gasteiger partial charge >= 0.3 is 0 Å². The van der Waals surface area contributed by atoms with Crippen LogP contribution >= 0.6 is 11.6 Å². The molecule has 2 aliphatic rings. The second-order valence-electron chi connectivity index (χ2n) is 6.22. The molecule has 1 saturated heterocycles. The van der Waals surface area contributed by atoms with Crippen LogP contribution in [0.25, 0.3) is 0 Å². The first-order chi connectivity index (χ1) is 11.2. The van der Waals surface area contributed by atoms with Crippen molar-refractivity contribution in [3.63, 3.8) is 0 Å². The van der Waals surface area contributed by atoms with Gasteiger partial charge in [-0.1, -0.05) is 29.8 Å². The van der Waals surface area contributed by atoms with E-state index in [0.717, 1.165) is 48.3 Å². The summed E-state index contributed by atoms with van der Waals surface area (Å²) in [5.74, 6) is 0. The van der Waals surface area contributed by atoms with Gasteiger partial charge < -0.3 is 10.2 Å². The van der Waals surface area contributed by atoms with Crippen molar-refractivity contribution in [3.8, 4) is 0 Å². The molecule has 0 aliphatic carbocycles. The third kappa shape index (κ3) is 2.90. The van der Waals surface area contributed by atoms with E-state index in [4.69, 9.17) is 16.9 Å². The zero-order valence-electron chi connectivity index (χ0n) is 13.2. The minimum Gasteiger partial charge on any atom is -0.364 e. The maximum atomic E-state index is 6.19. The summed E-state index contributed by atoms with van der Waals surface area (Å²) in [6.45, 7) is 4.25. The fourth-order valence-corrected chi connectivity index (χ4v) is 3.44. The highest BCUT2D eigenvalue weighted by Gasteiger charge is 2.29. The van der Waals surface area contributed by atoms with E-state index in [9.17, 15) is 0 Å². The van der Waals surface area contributed by atoms with Gasteiger partial charge in [0, 0.05) is 36.8 Å². The molecule has 2 aliphatic heterocycles. The number of hydrogen-bond acceptors (Lipinski definition) is 3. The molecule has 23 heavy (non-hydrogen) atoms. The Morgan fingerprint density at radius 2 is 1.83 bits per heavy atom. The Balaban J connectivity index is 1.74. The number of anilines is 1. The molecule has 2 heterocycles. The van der Waals surface area contributed by atoms with Gasteiger partial charge in [0.25, 0.3) is 0 Å². The van der Waals surface area contributed by atoms with Crippen LogP contribution in [0.5, 0.6) is 0 Å². The smallest absolute Gasteiger partial charge is 0.108 e. The van der Waals surface area contributed by atoms with Gasteiger partial charge in [0.1, 0.15) is 6.17 Å². The van der Waals surface area contributed by atoms with Gasteiger partial charge in [-0.25, -0.2) is 5.32 Å². The standard InChI is InChI=1S/C18H20ClN4/c1-22-8-10-23(11-9-22)18-14-4-2-3-5-15(14)20-16-7-6-13(19)12-17(16)21-18/h2-7,12,18,21H,8-11H2,1H3. The number of nitrogens with zero attached hydrogens (tertiary/aromatic N) is 3. The summed E-state index contributed by atoms with van der Waals surface area (Å²) in [5.41, 5.74) is 4.20. The van der Waals surface area contributed by atoms with Crippen molar-refractivity contribution < 1.29 is 0 Å². The van der Waals surface area contributed by atoms with Crippen LogP contribution in [0.3, 0.4) is 0 Å². The Morgan fingerprint density at radius 1 is 1.04 bits per heavy atom. The topological polar surface area (TPSA) is 32.6 Å². The SMILES string of the molecule is CN1CCN(C2Nc3cc(Cl)ccc3[N]c3ccccc32)CC1. The first-order valence-electron chi connectivity index (χ1n) is 8.00. The van der Waals surface area contributed by atoms with Crippen molar-refractivity contribution in [2.45, 2.75) is 6.17 Å². The van der Waals surface area contributed by atoms with E-state index < -0.39 is 0 Å². The molecule has 0 amide bonds. The summed E-state index contributed by atoms with van der Waals surface area (Å²) >= 11 is 6.19. The fourth-order valence-electron chi connectivity index (χ4n) is 3.26. The molecule has 2 aromatic rings. The zero-order chi connectivity index (χ0) is 15.8. The minimum absolute atomic E-state index is 0.128. The van der Waals surface area contributed by atoms with Crippen LogP contribution in [0, 0.1) is 0 Å². The first kappa shape index (κ1) is 14.8. The molecule has 1 unspecified atom stereocenters. The number of likely N-dealkylation sites (N-methyl/N-ethyl adjacent to an activating group) is 1. The summed E-state index contributed by atoms with van der Waals surface area (Å²) in [6, 6.07) is 14.2. The van der Waals surface area contributed by atoms with Crippen LogP contribution in [-0.4, -0.2) is 43.0 Å². The molecule has 4 nitrogen and oxygen atoms in total. The molecule has 1 atom stereocenters. The summed E-state index contributed by atoms with van der Waals surface area (Å²) in [7, 11) is 2.18. The van der Waals surface area contributed by atoms with Gasteiger partial charge in [0.2, 0.25) is 0 Å². The Labute approximate surface area is 142 Å². The molecule has 0 bridgehead atoms. The molecule has 1 radical (unpaired) electrons. The third-order valence-corrected chi connectivity index (χ3v) is 4.86. The number of fused-ring (bicyclic) bond motifs is 2. The van der Waals surface area contributed by atoms with E-state index in [-0.39, 0.29) is 6.17 Å².